The summed E-state index contributed by atoms with van der Waals surface area (Å²) in [4.78, 5) is 2.29. The van der Waals surface area contributed by atoms with Crippen molar-refractivity contribution in [1.29, 1.82) is 0 Å². The molecule has 1 fully saturated rings. The third-order valence-electron chi connectivity index (χ3n) is 4.35. The van der Waals surface area contributed by atoms with Crippen LogP contribution in [0, 0.1) is 6.92 Å². The third-order valence-corrected chi connectivity index (χ3v) is 6.51. The summed E-state index contributed by atoms with van der Waals surface area (Å²) in [5.74, 6) is 1.07. The lowest BCUT2D eigenvalue weighted by atomic mass is 10.3. The number of benzene rings is 1. The zero-order valence-electron chi connectivity index (χ0n) is 14.8. The average molecular weight is 400 g/mol. The molecule has 0 N–H and O–H groups in total. The summed E-state index contributed by atoms with van der Waals surface area (Å²) >= 11 is 6.00. The van der Waals surface area contributed by atoms with E-state index in [2.05, 4.69) is 10.1 Å². The fourth-order valence-electron chi connectivity index (χ4n) is 3.06. The Bertz CT molecular complexity index is 869. The van der Waals surface area contributed by atoms with E-state index in [9.17, 15) is 8.42 Å². The Kier molecular flexibility index (Phi) is 5.86. The molecule has 1 aliphatic heterocycles. The normalized spacial score (nSPS) is 17.2. The molecule has 0 atom stereocenters. The SMILES string of the molecule is COc1ccc(Cl)cc1S(=O)(=O)N1CCCN(Cc2cc(C)on2)CC1. The van der Waals surface area contributed by atoms with Crippen molar-refractivity contribution in [2.24, 2.45) is 0 Å². The highest BCUT2D eigenvalue weighted by atomic mass is 35.5. The number of aryl methyl sites for hydroxylation is 1. The first-order chi connectivity index (χ1) is 12.4. The molecule has 0 bridgehead atoms. The van der Waals surface area contributed by atoms with Gasteiger partial charge >= 0.3 is 0 Å². The van der Waals surface area contributed by atoms with E-state index in [0.29, 0.717) is 37.0 Å². The molecule has 0 radical (unpaired) electrons. The minimum absolute atomic E-state index is 0.105. The van der Waals surface area contributed by atoms with Crippen LogP contribution in [0.2, 0.25) is 5.02 Å². The molecule has 1 aromatic heterocycles. The Balaban J connectivity index is 1.74. The maximum atomic E-state index is 13.1. The Morgan fingerprint density at radius 3 is 2.73 bits per heavy atom. The number of nitrogens with zero attached hydrogens (tertiary/aromatic N) is 3. The Hall–Kier alpha value is -1.61. The van der Waals surface area contributed by atoms with Gasteiger partial charge in [-0.2, -0.15) is 4.31 Å². The van der Waals surface area contributed by atoms with Crippen LogP contribution in [-0.4, -0.2) is 56.1 Å². The fraction of sp³-hybridized carbons (Fsp3) is 0.471. The number of halogens is 1. The molecule has 9 heteroatoms. The molecule has 142 valence electrons. The topological polar surface area (TPSA) is 75.9 Å². The first-order valence-electron chi connectivity index (χ1n) is 8.38. The molecule has 0 spiro atoms. The first-order valence-corrected chi connectivity index (χ1v) is 10.2. The molecule has 1 aliphatic rings. The molecule has 0 aliphatic carbocycles. The molecule has 0 unspecified atom stereocenters. The molecule has 1 saturated heterocycles. The van der Waals surface area contributed by atoms with Crippen molar-refractivity contribution >= 4 is 21.6 Å². The second kappa shape index (κ2) is 7.96. The highest BCUT2D eigenvalue weighted by Crippen LogP contribution is 2.30. The summed E-state index contributed by atoms with van der Waals surface area (Å²) in [6, 6.07) is 6.53. The largest absolute Gasteiger partial charge is 0.495 e. The Labute approximate surface area is 158 Å². The summed E-state index contributed by atoms with van der Waals surface area (Å²) in [5.41, 5.74) is 0.857. The molecule has 0 saturated carbocycles. The summed E-state index contributed by atoms with van der Waals surface area (Å²) in [5, 5.41) is 4.37. The lowest BCUT2D eigenvalue weighted by molar-refractivity contribution is 0.268. The van der Waals surface area contributed by atoms with Crippen molar-refractivity contribution in [2.75, 3.05) is 33.3 Å². The van der Waals surface area contributed by atoms with Crippen LogP contribution in [0.15, 0.2) is 33.7 Å². The van der Waals surface area contributed by atoms with Crippen LogP contribution in [0.4, 0.5) is 0 Å². The van der Waals surface area contributed by atoms with Crippen LogP contribution >= 0.6 is 11.6 Å². The maximum absolute atomic E-state index is 13.1. The lowest BCUT2D eigenvalue weighted by Gasteiger charge is -2.22. The van der Waals surface area contributed by atoms with E-state index < -0.39 is 10.0 Å². The van der Waals surface area contributed by atoms with Crippen LogP contribution in [0.1, 0.15) is 17.9 Å². The molecule has 7 nitrogen and oxygen atoms in total. The molecule has 2 heterocycles. The van der Waals surface area contributed by atoms with Crippen molar-refractivity contribution in [1.82, 2.24) is 14.4 Å². The molecule has 3 rings (SSSR count). The van der Waals surface area contributed by atoms with Gasteiger partial charge in [0.05, 0.1) is 12.8 Å². The van der Waals surface area contributed by atoms with Gasteiger partial charge < -0.3 is 9.26 Å². The van der Waals surface area contributed by atoms with Gasteiger partial charge in [-0.25, -0.2) is 8.42 Å². The second-order valence-corrected chi connectivity index (χ2v) is 8.60. The van der Waals surface area contributed by atoms with E-state index in [4.69, 9.17) is 20.9 Å². The quantitative estimate of drug-likeness (QED) is 0.769. The number of rotatable bonds is 5. The van der Waals surface area contributed by atoms with Crippen molar-refractivity contribution in [3.8, 4) is 5.75 Å². The number of hydrogen-bond donors (Lipinski definition) is 0. The number of hydrogen-bond acceptors (Lipinski definition) is 6. The molecular formula is C17H22ClN3O4S. The van der Waals surface area contributed by atoms with Gasteiger partial charge in [-0.1, -0.05) is 16.8 Å². The third kappa shape index (κ3) is 4.20. The molecule has 26 heavy (non-hydrogen) atoms. The van der Waals surface area contributed by atoms with Gasteiger partial charge in [-0.15, -0.1) is 0 Å². The molecular weight excluding hydrogens is 378 g/mol. The van der Waals surface area contributed by atoms with Gasteiger partial charge in [0.2, 0.25) is 10.0 Å². The van der Waals surface area contributed by atoms with Gasteiger partial charge in [0.25, 0.3) is 0 Å². The zero-order chi connectivity index (χ0) is 18.7. The number of sulfonamides is 1. The zero-order valence-corrected chi connectivity index (χ0v) is 16.4. The van der Waals surface area contributed by atoms with Crippen molar-refractivity contribution in [2.45, 2.75) is 24.8 Å². The Morgan fingerprint density at radius 1 is 1.23 bits per heavy atom. The first kappa shape index (κ1) is 19.2. The highest BCUT2D eigenvalue weighted by Gasteiger charge is 2.30. The monoisotopic (exact) mass is 399 g/mol. The minimum atomic E-state index is -3.68. The molecule has 2 aromatic rings. The number of aromatic nitrogens is 1. The highest BCUT2D eigenvalue weighted by molar-refractivity contribution is 7.89. The fourth-order valence-corrected chi connectivity index (χ4v) is 4.95. The predicted molar refractivity (Wildman–Crippen MR) is 97.9 cm³/mol. The van der Waals surface area contributed by atoms with E-state index in [0.717, 1.165) is 24.4 Å². The summed E-state index contributed by atoms with van der Waals surface area (Å²) < 4.78 is 38.0. The van der Waals surface area contributed by atoms with Gasteiger partial charge in [0.1, 0.15) is 16.4 Å². The number of methoxy groups -OCH3 is 1. The van der Waals surface area contributed by atoms with Crippen LogP contribution in [0.25, 0.3) is 0 Å². The standard InChI is InChI=1S/C17H22ClN3O4S/c1-13-10-15(19-25-13)12-20-6-3-7-21(9-8-20)26(22,23)17-11-14(18)4-5-16(17)24-2/h4-5,10-11H,3,6-9,12H2,1-2H3. The maximum Gasteiger partial charge on any atom is 0.246 e. The van der Waals surface area contributed by atoms with E-state index >= 15 is 0 Å². The van der Waals surface area contributed by atoms with Crippen LogP contribution in [0.5, 0.6) is 5.75 Å². The van der Waals surface area contributed by atoms with Gasteiger partial charge in [0.15, 0.2) is 0 Å². The summed E-state index contributed by atoms with van der Waals surface area (Å²) in [7, 11) is -2.23. The average Bonchev–Trinajstić information content (AvgIpc) is 2.87. The van der Waals surface area contributed by atoms with Crippen molar-refractivity contribution in [3.63, 3.8) is 0 Å². The smallest absolute Gasteiger partial charge is 0.246 e. The van der Waals surface area contributed by atoms with Gasteiger partial charge in [0, 0.05) is 37.3 Å². The van der Waals surface area contributed by atoms with Crippen LogP contribution in [-0.2, 0) is 16.6 Å². The van der Waals surface area contributed by atoms with Gasteiger partial charge in [-0.05, 0) is 38.1 Å². The van der Waals surface area contributed by atoms with E-state index in [-0.39, 0.29) is 4.90 Å². The molecule has 0 amide bonds. The number of ether oxygens (including phenoxy) is 1. The van der Waals surface area contributed by atoms with E-state index in [1.165, 1.54) is 17.5 Å². The van der Waals surface area contributed by atoms with Crippen LogP contribution < -0.4 is 4.74 Å². The second-order valence-electron chi connectivity index (χ2n) is 6.26. The van der Waals surface area contributed by atoms with E-state index in [1.807, 2.05) is 13.0 Å². The predicted octanol–water partition coefficient (Wildman–Crippen LogP) is 2.54. The van der Waals surface area contributed by atoms with Crippen LogP contribution in [0.3, 0.4) is 0 Å². The lowest BCUT2D eigenvalue weighted by Crippen LogP contribution is -2.35. The molecule has 1 aromatic carbocycles. The summed E-state index contributed by atoms with van der Waals surface area (Å²) in [6.07, 6.45) is 0.735. The van der Waals surface area contributed by atoms with Crippen molar-refractivity contribution in [3.05, 3.63) is 40.7 Å². The van der Waals surface area contributed by atoms with Gasteiger partial charge in [-0.3, -0.25) is 4.90 Å². The van der Waals surface area contributed by atoms with Crippen molar-refractivity contribution < 1.29 is 17.7 Å². The van der Waals surface area contributed by atoms with E-state index in [1.54, 1.807) is 12.1 Å². The summed E-state index contributed by atoms with van der Waals surface area (Å²) in [6.45, 7) is 4.76. The minimum Gasteiger partial charge on any atom is -0.495 e. The Morgan fingerprint density at radius 2 is 2.04 bits per heavy atom.